The van der Waals surface area contributed by atoms with Gasteiger partial charge in [0, 0.05) is 0 Å². The van der Waals surface area contributed by atoms with Crippen molar-refractivity contribution in [3.63, 3.8) is 0 Å². The molecule has 0 amide bonds. The molecule has 1 heterocycles. The van der Waals surface area contributed by atoms with E-state index in [-0.39, 0.29) is 5.25 Å². The summed E-state index contributed by atoms with van der Waals surface area (Å²) in [5, 5.41) is 0.243. The zero-order valence-corrected chi connectivity index (χ0v) is 9.72. The van der Waals surface area contributed by atoms with Gasteiger partial charge in [0.15, 0.2) is 5.62 Å². The van der Waals surface area contributed by atoms with Crippen molar-refractivity contribution in [1.82, 2.24) is 4.67 Å². The molecule has 1 aliphatic rings. The molecular formula is C7H12NOPS2. The lowest BCUT2D eigenvalue weighted by Crippen LogP contribution is -2.17. The second kappa shape index (κ2) is 4.13. The van der Waals surface area contributed by atoms with E-state index in [4.69, 9.17) is 22.8 Å². The highest BCUT2D eigenvalue weighted by Crippen LogP contribution is 2.65. The SMILES string of the molecule is C#CC1CCOP(=S)(N(C)C)S1. The molecule has 1 rings (SSSR count). The van der Waals surface area contributed by atoms with Gasteiger partial charge in [0.25, 0.3) is 0 Å². The van der Waals surface area contributed by atoms with Crippen molar-refractivity contribution in [3.05, 3.63) is 0 Å². The molecule has 0 aromatic carbocycles. The van der Waals surface area contributed by atoms with E-state index in [1.165, 1.54) is 0 Å². The van der Waals surface area contributed by atoms with Gasteiger partial charge in [0.2, 0.25) is 0 Å². The summed E-state index contributed by atoms with van der Waals surface area (Å²) in [4.78, 5) is 0. The largest absolute Gasteiger partial charge is 0.330 e. The molecule has 2 nitrogen and oxygen atoms in total. The van der Waals surface area contributed by atoms with Gasteiger partial charge >= 0.3 is 0 Å². The quantitative estimate of drug-likeness (QED) is 0.495. The standard InChI is InChI=1S/C7H12NOPS2/c1-4-7-5-6-9-10(11,12-7)8(2)3/h1,7H,5-6H2,2-3H3. The Morgan fingerprint density at radius 3 is 2.92 bits per heavy atom. The van der Waals surface area contributed by atoms with Crippen molar-refractivity contribution in [2.24, 2.45) is 0 Å². The minimum atomic E-state index is -1.82. The monoisotopic (exact) mass is 221 g/mol. The molecule has 0 aliphatic carbocycles. The Kier molecular flexibility index (Phi) is 3.63. The Morgan fingerprint density at radius 2 is 2.42 bits per heavy atom. The van der Waals surface area contributed by atoms with Crippen LogP contribution in [0.5, 0.6) is 0 Å². The highest BCUT2D eigenvalue weighted by atomic mass is 32.9. The van der Waals surface area contributed by atoms with Crippen molar-refractivity contribution in [2.75, 3.05) is 20.7 Å². The summed E-state index contributed by atoms with van der Waals surface area (Å²) in [5.41, 5.74) is -1.82. The molecule has 0 N–H and O–H groups in total. The molecule has 1 fully saturated rings. The summed E-state index contributed by atoms with van der Waals surface area (Å²) in [5.74, 6) is 2.73. The summed E-state index contributed by atoms with van der Waals surface area (Å²) in [7, 11) is 3.90. The molecule has 12 heavy (non-hydrogen) atoms. The maximum absolute atomic E-state index is 5.58. The van der Waals surface area contributed by atoms with Crippen molar-refractivity contribution in [2.45, 2.75) is 11.7 Å². The van der Waals surface area contributed by atoms with Crippen LogP contribution in [-0.2, 0) is 16.3 Å². The molecule has 5 heteroatoms. The van der Waals surface area contributed by atoms with Gasteiger partial charge in [-0.3, -0.25) is 4.67 Å². The van der Waals surface area contributed by atoms with Crippen molar-refractivity contribution >= 4 is 28.8 Å². The van der Waals surface area contributed by atoms with Crippen LogP contribution in [0.25, 0.3) is 0 Å². The Labute approximate surface area is 82.9 Å². The molecule has 68 valence electrons. The predicted octanol–water partition coefficient (Wildman–Crippen LogP) is 1.93. The Balaban J connectivity index is 2.69. The molecule has 0 spiro atoms. The first kappa shape index (κ1) is 10.6. The average molecular weight is 221 g/mol. The minimum Gasteiger partial charge on any atom is -0.330 e. The first-order valence-corrected chi connectivity index (χ1v) is 7.81. The van der Waals surface area contributed by atoms with Crippen molar-refractivity contribution in [1.29, 1.82) is 0 Å². The lowest BCUT2D eigenvalue weighted by atomic mass is 10.3. The van der Waals surface area contributed by atoms with E-state index in [9.17, 15) is 0 Å². The first-order chi connectivity index (χ1) is 5.58. The van der Waals surface area contributed by atoms with Crippen LogP contribution in [0, 0.1) is 12.3 Å². The molecule has 2 atom stereocenters. The predicted molar refractivity (Wildman–Crippen MR) is 58.8 cm³/mol. The number of terminal acetylenes is 1. The molecule has 0 aromatic rings. The molecule has 0 saturated carbocycles. The van der Waals surface area contributed by atoms with E-state index in [0.29, 0.717) is 6.61 Å². The average Bonchev–Trinajstić information content (AvgIpc) is 2.04. The van der Waals surface area contributed by atoms with Crippen LogP contribution in [0.15, 0.2) is 0 Å². The topological polar surface area (TPSA) is 12.5 Å². The zero-order chi connectivity index (χ0) is 9.19. The van der Waals surface area contributed by atoms with Crippen molar-refractivity contribution < 1.29 is 4.52 Å². The van der Waals surface area contributed by atoms with Crippen LogP contribution in [0.3, 0.4) is 0 Å². The smallest absolute Gasteiger partial charge is 0.189 e. The Bertz CT molecular complexity index is 248. The molecule has 2 unspecified atom stereocenters. The highest BCUT2D eigenvalue weighted by Gasteiger charge is 2.30. The maximum atomic E-state index is 5.58. The van der Waals surface area contributed by atoms with Gasteiger partial charge in [-0.25, -0.2) is 0 Å². The lowest BCUT2D eigenvalue weighted by Gasteiger charge is -2.33. The van der Waals surface area contributed by atoms with Gasteiger partial charge in [-0.15, -0.1) is 6.42 Å². The number of hydrogen-bond donors (Lipinski definition) is 0. The number of nitrogens with zero attached hydrogens (tertiary/aromatic N) is 1. The van der Waals surface area contributed by atoms with Gasteiger partial charge < -0.3 is 4.52 Å². The lowest BCUT2D eigenvalue weighted by molar-refractivity contribution is 0.326. The van der Waals surface area contributed by atoms with Crippen LogP contribution < -0.4 is 0 Å². The number of rotatable bonds is 1. The van der Waals surface area contributed by atoms with Gasteiger partial charge in [0.1, 0.15) is 0 Å². The molecule has 0 aromatic heterocycles. The maximum Gasteiger partial charge on any atom is 0.189 e. The number of hydrogen-bond acceptors (Lipinski definition) is 3. The second-order valence-corrected chi connectivity index (χ2v) is 9.77. The van der Waals surface area contributed by atoms with Gasteiger partial charge in [-0.1, -0.05) is 17.3 Å². The van der Waals surface area contributed by atoms with Crippen LogP contribution >= 0.6 is 17.0 Å². The molecule has 1 aliphatic heterocycles. The van der Waals surface area contributed by atoms with Crippen LogP contribution in [0.2, 0.25) is 0 Å². The fourth-order valence-corrected chi connectivity index (χ4v) is 5.84. The van der Waals surface area contributed by atoms with E-state index in [0.717, 1.165) is 6.42 Å². The molecule has 0 radical (unpaired) electrons. The Hall–Kier alpha value is 0.480. The van der Waals surface area contributed by atoms with E-state index in [1.54, 1.807) is 11.4 Å². The van der Waals surface area contributed by atoms with Crippen LogP contribution in [-0.4, -0.2) is 30.6 Å². The van der Waals surface area contributed by atoms with E-state index in [1.807, 2.05) is 18.8 Å². The normalized spacial score (nSPS) is 36.3. The molecular weight excluding hydrogens is 209 g/mol. The van der Waals surface area contributed by atoms with Gasteiger partial charge in [-0.05, 0) is 32.3 Å². The highest BCUT2D eigenvalue weighted by molar-refractivity contribution is 8.69. The van der Waals surface area contributed by atoms with E-state index >= 15 is 0 Å². The fraction of sp³-hybridized carbons (Fsp3) is 0.714. The molecule has 1 saturated heterocycles. The third-order valence-electron chi connectivity index (χ3n) is 1.57. The molecule has 0 bridgehead atoms. The third kappa shape index (κ3) is 2.25. The van der Waals surface area contributed by atoms with Gasteiger partial charge in [-0.2, -0.15) is 0 Å². The van der Waals surface area contributed by atoms with E-state index < -0.39 is 5.62 Å². The van der Waals surface area contributed by atoms with Crippen LogP contribution in [0.4, 0.5) is 0 Å². The minimum absolute atomic E-state index is 0.243. The Morgan fingerprint density at radius 1 is 1.75 bits per heavy atom. The van der Waals surface area contributed by atoms with Gasteiger partial charge in [0.05, 0.1) is 11.9 Å². The summed E-state index contributed by atoms with van der Waals surface area (Å²) in [6.45, 7) is 0.706. The third-order valence-corrected chi connectivity index (χ3v) is 8.88. The van der Waals surface area contributed by atoms with Crippen molar-refractivity contribution in [3.8, 4) is 12.3 Å². The second-order valence-electron chi connectivity index (χ2n) is 2.70. The zero-order valence-electron chi connectivity index (χ0n) is 7.19. The fourth-order valence-electron chi connectivity index (χ4n) is 0.843. The summed E-state index contributed by atoms with van der Waals surface area (Å²) in [6, 6.07) is 0. The van der Waals surface area contributed by atoms with Crippen LogP contribution in [0.1, 0.15) is 6.42 Å². The summed E-state index contributed by atoms with van der Waals surface area (Å²) < 4.78 is 7.56. The summed E-state index contributed by atoms with van der Waals surface area (Å²) >= 11 is 7.04. The van der Waals surface area contributed by atoms with E-state index in [2.05, 4.69) is 5.92 Å². The summed E-state index contributed by atoms with van der Waals surface area (Å²) in [6.07, 6.45) is 6.28. The first-order valence-electron chi connectivity index (χ1n) is 3.65.